The van der Waals surface area contributed by atoms with Crippen LogP contribution in [0.3, 0.4) is 0 Å². The van der Waals surface area contributed by atoms with Crippen LogP contribution in [0.1, 0.15) is 51.3 Å². The van der Waals surface area contributed by atoms with Gasteiger partial charge in [0.05, 0.1) is 11.0 Å². The van der Waals surface area contributed by atoms with Crippen LogP contribution < -0.4 is 5.32 Å². The van der Waals surface area contributed by atoms with E-state index in [0.717, 1.165) is 37.1 Å². The molecule has 22 heavy (non-hydrogen) atoms. The summed E-state index contributed by atoms with van der Waals surface area (Å²) >= 11 is 0. The zero-order chi connectivity index (χ0) is 15.6. The van der Waals surface area contributed by atoms with E-state index >= 15 is 0 Å². The largest absolute Gasteiger partial charge is 0.359 e. The van der Waals surface area contributed by atoms with E-state index in [0.29, 0.717) is 6.54 Å². The normalized spacial score (nSPS) is 11.0. The first-order valence-corrected chi connectivity index (χ1v) is 8.48. The SMILES string of the molecule is CCCCCCCn1c(CCCNC=O)nc2ccccc21. The van der Waals surface area contributed by atoms with Crippen molar-refractivity contribution in [2.45, 2.75) is 58.4 Å². The van der Waals surface area contributed by atoms with Gasteiger partial charge in [-0.25, -0.2) is 4.98 Å². The molecule has 0 unspecified atom stereocenters. The lowest BCUT2D eigenvalue weighted by Gasteiger charge is -2.09. The van der Waals surface area contributed by atoms with Crippen molar-refractivity contribution in [3.8, 4) is 0 Å². The number of nitrogens with one attached hydrogen (secondary N) is 1. The lowest BCUT2D eigenvalue weighted by Crippen LogP contribution is -2.14. The molecule has 2 rings (SSSR count). The maximum absolute atomic E-state index is 10.3. The van der Waals surface area contributed by atoms with Gasteiger partial charge in [0.2, 0.25) is 6.41 Å². The Hall–Kier alpha value is -1.84. The van der Waals surface area contributed by atoms with E-state index in [-0.39, 0.29) is 0 Å². The van der Waals surface area contributed by atoms with Crippen LogP contribution in [-0.2, 0) is 17.8 Å². The molecule has 0 bridgehead atoms. The average molecular weight is 301 g/mol. The molecule has 120 valence electrons. The van der Waals surface area contributed by atoms with E-state index in [1.807, 2.05) is 6.07 Å². The Morgan fingerprint density at radius 2 is 1.95 bits per heavy atom. The number of fused-ring (bicyclic) bond motifs is 1. The fourth-order valence-corrected chi connectivity index (χ4v) is 2.85. The van der Waals surface area contributed by atoms with E-state index in [4.69, 9.17) is 4.98 Å². The number of hydrogen-bond donors (Lipinski definition) is 1. The van der Waals surface area contributed by atoms with E-state index in [9.17, 15) is 4.79 Å². The van der Waals surface area contributed by atoms with Gasteiger partial charge in [-0.1, -0.05) is 44.7 Å². The summed E-state index contributed by atoms with van der Waals surface area (Å²) in [6, 6.07) is 8.35. The zero-order valence-corrected chi connectivity index (χ0v) is 13.6. The molecule has 0 fully saturated rings. The van der Waals surface area contributed by atoms with Crippen molar-refractivity contribution in [2.24, 2.45) is 0 Å². The number of nitrogens with zero attached hydrogens (tertiary/aromatic N) is 2. The predicted octanol–water partition coefficient (Wildman–Crippen LogP) is 3.69. The highest BCUT2D eigenvalue weighted by Crippen LogP contribution is 2.18. The predicted molar refractivity (Wildman–Crippen MR) is 90.9 cm³/mol. The Balaban J connectivity index is 2.01. The number of aryl methyl sites for hydroxylation is 2. The molecule has 1 amide bonds. The number of rotatable bonds is 11. The second-order valence-electron chi connectivity index (χ2n) is 5.76. The molecule has 1 heterocycles. The molecular weight excluding hydrogens is 274 g/mol. The van der Waals surface area contributed by atoms with Crippen molar-refractivity contribution >= 4 is 17.4 Å². The Morgan fingerprint density at radius 3 is 2.77 bits per heavy atom. The molecular formula is C18H27N3O. The van der Waals surface area contributed by atoms with Gasteiger partial charge in [-0.15, -0.1) is 0 Å². The van der Waals surface area contributed by atoms with Crippen LogP contribution in [0, 0.1) is 0 Å². The third-order valence-electron chi connectivity index (χ3n) is 4.02. The highest BCUT2D eigenvalue weighted by Gasteiger charge is 2.09. The van der Waals surface area contributed by atoms with Crippen LogP contribution >= 0.6 is 0 Å². The molecule has 1 aromatic carbocycles. The van der Waals surface area contributed by atoms with Crippen LogP contribution in [0.4, 0.5) is 0 Å². The van der Waals surface area contributed by atoms with E-state index < -0.39 is 0 Å². The van der Waals surface area contributed by atoms with Gasteiger partial charge in [0.15, 0.2) is 0 Å². The maximum atomic E-state index is 10.3. The van der Waals surface area contributed by atoms with Crippen molar-refractivity contribution in [2.75, 3.05) is 6.54 Å². The van der Waals surface area contributed by atoms with Gasteiger partial charge in [0.1, 0.15) is 5.82 Å². The van der Waals surface area contributed by atoms with Gasteiger partial charge in [-0.05, 0) is 25.0 Å². The number of carbonyl (C=O) groups excluding carboxylic acids is 1. The van der Waals surface area contributed by atoms with Gasteiger partial charge in [-0.3, -0.25) is 4.79 Å². The Kier molecular flexibility index (Phi) is 6.94. The van der Waals surface area contributed by atoms with Crippen molar-refractivity contribution in [1.29, 1.82) is 0 Å². The average Bonchev–Trinajstić information content (AvgIpc) is 2.89. The zero-order valence-electron chi connectivity index (χ0n) is 13.6. The molecule has 0 aliphatic rings. The van der Waals surface area contributed by atoms with Gasteiger partial charge >= 0.3 is 0 Å². The van der Waals surface area contributed by atoms with Crippen LogP contribution in [0.2, 0.25) is 0 Å². The minimum atomic E-state index is 0.712. The molecule has 0 radical (unpaired) electrons. The minimum absolute atomic E-state index is 0.712. The maximum Gasteiger partial charge on any atom is 0.207 e. The second kappa shape index (κ2) is 9.23. The molecule has 2 aromatic rings. The summed E-state index contributed by atoms with van der Waals surface area (Å²) in [5.41, 5.74) is 2.31. The molecule has 0 atom stereocenters. The van der Waals surface area contributed by atoms with Crippen molar-refractivity contribution < 1.29 is 4.79 Å². The summed E-state index contributed by atoms with van der Waals surface area (Å²) in [5, 5.41) is 2.72. The Bertz CT molecular complexity index is 577. The fraction of sp³-hybridized carbons (Fsp3) is 0.556. The summed E-state index contributed by atoms with van der Waals surface area (Å²) in [7, 11) is 0. The van der Waals surface area contributed by atoms with E-state index in [2.05, 4.69) is 35.0 Å². The molecule has 0 spiro atoms. The number of para-hydroxylation sites is 2. The topological polar surface area (TPSA) is 46.9 Å². The quantitative estimate of drug-likeness (QED) is 0.508. The number of aromatic nitrogens is 2. The van der Waals surface area contributed by atoms with E-state index in [1.54, 1.807) is 0 Å². The molecule has 4 heteroatoms. The van der Waals surface area contributed by atoms with Crippen LogP contribution in [0.15, 0.2) is 24.3 Å². The van der Waals surface area contributed by atoms with Crippen LogP contribution in [0.25, 0.3) is 11.0 Å². The third-order valence-corrected chi connectivity index (χ3v) is 4.02. The number of imidazole rings is 1. The number of carbonyl (C=O) groups is 1. The number of unbranched alkanes of at least 4 members (excludes halogenated alkanes) is 4. The molecule has 0 aliphatic carbocycles. The Morgan fingerprint density at radius 1 is 1.14 bits per heavy atom. The van der Waals surface area contributed by atoms with Gasteiger partial charge in [0, 0.05) is 19.5 Å². The van der Waals surface area contributed by atoms with Crippen LogP contribution in [0.5, 0.6) is 0 Å². The number of hydrogen-bond acceptors (Lipinski definition) is 2. The first-order chi connectivity index (χ1) is 10.9. The van der Waals surface area contributed by atoms with Gasteiger partial charge < -0.3 is 9.88 Å². The lowest BCUT2D eigenvalue weighted by atomic mass is 10.1. The van der Waals surface area contributed by atoms with Crippen molar-refractivity contribution in [1.82, 2.24) is 14.9 Å². The molecule has 1 aromatic heterocycles. The summed E-state index contributed by atoms with van der Waals surface area (Å²) in [6.45, 7) is 4.00. The summed E-state index contributed by atoms with van der Waals surface area (Å²) in [4.78, 5) is 15.1. The van der Waals surface area contributed by atoms with E-state index in [1.165, 1.54) is 37.6 Å². The fourth-order valence-electron chi connectivity index (χ4n) is 2.85. The minimum Gasteiger partial charge on any atom is -0.359 e. The highest BCUT2D eigenvalue weighted by atomic mass is 16.1. The standard InChI is InChI=1S/C18H27N3O/c1-2-3-4-5-8-14-21-17-11-7-6-10-16(17)20-18(21)12-9-13-19-15-22/h6-7,10-11,15H,2-5,8-9,12-14H2,1H3,(H,19,22). The first kappa shape index (κ1) is 16.5. The van der Waals surface area contributed by atoms with Crippen molar-refractivity contribution in [3.63, 3.8) is 0 Å². The lowest BCUT2D eigenvalue weighted by molar-refractivity contribution is -0.109. The molecule has 0 saturated heterocycles. The summed E-state index contributed by atoms with van der Waals surface area (Å²) in [6.07, 6.45) is 9.02. The summed E-state index contributed by atoms with van der Waals surface area (Å²) < 4.78 is 2.36. The van der Waals surface area contributed by atoms with Crippen LogP contribution in [-0.4, -0.2) is 22.5 Å². The molecule has 1 N–H and O–H groups in total. The Labute approximate surface area is 132 Å². The van der Waals surface area contributed by atoms with Crippen molar-refractivity contribution in [3.05, 3.63) is 30.1 Å². The van der Waals surface area contributed by atoms with Gasteiger partial charge in [0.25, 0.3) is 0 Å². The monoisotopic (exact) mass is 301 g/mol. The van der Waals surface area contributed by atoms with Gasteiger partial charge in [-0.2, -0.15) is 0 Å². The second-order valence-corrected chi connectivity index (χ2v) is 5.76. The summed E-state index contributed by atoms with van der Waals surface area (Å²) in [5.74, 6) is 1.14. The molecule has 0 saturated carbocycles. The molecule has 0 aliphatic heterocycles. The molecule has 4 nitrogen and oxygen atoms in total. The smallest absolute Gasteiger partial charge is 0.207 e. The first-order valence-electron chi connectivity index (χ1n) is 8.48. The number of benzene rings is 1. The number of amides is 1. The highest BCUT2D eigenvalue weighted by molar-refractivity contribution is 5.75. The third kappa shape index (κ3) is 4.58.